The summed E-state index contributed by atoms with van der Waals surface area (Å²) in [6.45, 7) is 0. The highest BCUT2D eigenvalue weighted by Crippen LogP contribution is 2.25. The molecular formula is C16H10ClF2N3OS3. The lowest BCUT2D eigenvalue weighted by atomic mass is 10.3. The largest absolute Gasteiger partial charge is 0.325 e. The Kier molecular flexibility index (Phi) is 6.02. The van der Waals surface area contributed by atoms with Crippen LogP contribution in [-0.4, -0.2) is 21.4 Å². The summed E-state index contributed by atoms with van der Waals surface area (Å²) in [6.07, 6.45) is 0. The van der Waals surface area contributed by atoms with E-state index in [1.165, 1.54) is 58.1 Å². The minimum Gasteiger partial charge on any atom is -0.325 e. The lowest BCUT2D eigenvalue weighted by Crippen LogP contribution is -2.14. The van der Waals surface area contributed by atoms with E-state index in [-0.39, 0.29) is 22.5 Å². The summed E-state index contributed by atoms with van der Waals surface area (Å²) in [5.41, 5.74) is 1.05. The van der Waals surface area contributed by atoms with Crippen molar-refractivity contribution < 1.29 is 13.6 Å². The van der Waals surface area contributed by atoms with E-state index in [1.807, 2.05) is 0 Å². The first-order valence-corrected chi connectivity index (χ1v) is 9.75. The van der Waals surface area contributed by atoms with Gasteiger partial charge in [-0.1, -0.05) is 34.7 Å². The minimum atomic E-state index is -0.551. The van der Waals surface area contributed by atoms with Crippen LogP contribution in [0.4, 0.5) is 14.5 Å². The predicted octanol–water partition coefficient (Wildman–Crippen LogP) is 5.33. The summed E-state index contributed by atoms with van der Waals surface area (Å²) in [4.78, 5) is 12.0. The van der Waals surface area contributed by atoms with Gasteiger partial charge in [-0.15, -0.1) is 5.10 Å². The second-order valence-electron chi connectivity index (χ2n) is 4.99. The van der Waals surface area contributed by atoms with Crippen LogP contribution < -0.4 is 5.32 Å². The summed E-state index contributed by atoms with van der Waals surface area (Å²) in [5.74, 6) is -1.08. The van der Waals surface area contributed by atoms with Gasteiger partial charge in [-0.05, 0) is 54.7 Å². The number of amides is 1. The summed E-state index contributed by atoms with van der Waals surface area (Å²) in [5, 5.41) is 6.90. The molecule has 4 nitrogen and oxygen atoms in total. The Labute approximate surface area is 165 Å². The van der Waals surface area contributed by atoms with Gasteiger partial charge in [0.1, 0.15) is 11.6 Å². The van der Waals surface area contributed by atoms with Gasteiger partial charge in [-0.25, -0.2) is 13.5 Å². The highest BCUT2D eigenvalue weighted by Gasteiger charge is 2.10. The van der Waals surface area contributed by atoms with Crippen LogP contribution in [0.25, 0.3) is 5.69 Å². The Morgan fingerprint density at radius 2 is 2.00 bits per heavy atom. The van der Waals surface area contributed by atoms with E-state index in [0.717, 1.165) is 0 Å². The van der Waals surface area contributed by atoms with E-state index < -0.39 is 5.82 Å². The Balaban J connectivity index is 1.63. The maximum absolute atomic E-state index is 13.1. The lowest BCUT2D eigenvalue weighted by Gasteiger charge is -2.05. The number of nitrogens with one attached hydrogen (secondary N) is 1. The molecule has 26 heavy (non-hydrogen) atoms. The highest BCUT2D eigenvalue weighted by molar-refractivity contribution is 8.01. The number of hydrogen-bond acceptors (Lipinski definition) is 5. The lowest BCUT2D eigenvalue weighted by molar-refractivity contribution is -0.113. The average molecular weight is 430 g/mol. The molecule has 0 radical (unpaired) electrons. The molecule has 1 heterocycles. The van der Waals surface area contributed by atoms with Crippen LogP contribution in [-0.2, 0) is 4.79 Å². The van der Waals surface area contributed by atoms with E-state index in [9.17, 15) is 13.6 Å². The van der Waals surface area contributed by atoms with Gasteiger partial charge in [-0.2, -0.15) is 0 Å². The number of halogens is 3. The van der Waals surface area contributed by atoms with Gasteiger partial charge >= 0.3 is 0 Å². The molecule has 3 aromatic rings. The molecule has 0 spiro atoms. The zero-order valence-corrected chi connectivity index (χ0v) is 16.1. The van der Waals surface area contributed by atoms with E-state index in [1.54, 1.807) is 12.1 Å². The van der Waals surface area contributed by atoms with Gasteiger partial charge in [0, 0.05) is 5.69 Å². The van der Waals surface area contributed by atoms with Crippen molar-refractivity contribution in [1.29, 1.82) is 0 Å². The first kappa shape index (κ1) is 19.0. The second-order valence-corrected chi connectivity index (χ2v) is 8.24. The molecule has 0 saturated carbocycles. The van der Waals surface area contributed by atoms with Crippen molar-refractivity contribution >= 4 is 58.5 Å². The molecule has 0 aliphatic heterocycles. The number of benzene rings is 2. The Hall–Kier alpha value is -1.81. The Morgan fingerprint density at radius 3 is 2.69 bits per heavy atom. The van der Waals surface area contributed by atoms with E-state index in [4.69, 9.17) is 23.8 Å². The highest BCUT2D eigenvalue weighted by atomic mass is 35.5. The molecule has 0 saturated heterocycles. The normalized spacial score (nSPS) is 10.7. The summed E-state index contributed by atoms with van der Waals surface area (Å²) in [7, 11) is 0. The molecule has 0 atom stereocenters. The molecule has 0 bridgehead atoms. The van der Waals surface area contributed by atoms with Crippen molar-refractivity contribution in [3.05, 3.63) is 63.1 Å². The molecule has 10 heteroatoms. The predicted molar refractivity (Wildman–Crippen MR) is 103 cm³/mol. The third-order valence-corrected chi connectivity index (χ3v) is 5.79. The number of anilines is 1. The molecule has 0 aliphatic carbocycles. The van der Waals surface area contributed by atoms with Crippen molar-refractivity contribution in [2.24, 2.45) is 0 Å². The van der Waals surface area contributed by atoms with Gasteiger partial charge in [0.05, 0.1) is 16.5 Å². The maximum Gasteiger partial charge on any atom is 0.234 e. The monoisotopic (exact) mass is 429 g/mol. The van der Waals surface area contributed by atoms with Crippen LogP contribution in [0.15, 0.2) is 46.8 Å². The van der Waals surface area contributed by atoms with Gasteiger partial charge in [0.25, 0.3) is 0 Å². The van der Waals surface area contributed by atoms with E-state index in [2.05, 4.69) is 10.4 Å². The molecule has 1 aromatic heterocycles. The van der Waals surface area contributed by atoms with E-state index in [0.29, 0.717) is 19.7 Å². The molecule has 1 N–H and O–H groups in total. The summed E-state index contributed by atoms with van der Waals surface area (Å²) >= 11 is 13.4. The van der Waals surface area contributed by atoms with Crippen LogP contribution in [0.1, 0.15) is 0 Å². The number of rotatable bonds is 5. The van der Waals surface area contributed by atoms with E-state index >= 15 is 0 Å². The molecule has 1 amide bonds. The number of carbonyl (C=O) groups excluding carboxylic acids is 1. The topological polar surface area (TPSA) is 46.9 Å². The number of hydrogen-bond donors (Lipinski definition) is 1. The number of thioether (sulfide) groups is 1. The van der Waals surface area contributed by atoms with Gasteiger partial charge in [-0.3, -0.25) is 4.79 Å². The zero-order valence-electron chi connectivity index (χ0n) is 12.9. The van der Waals surface area contributed by atoms with Crippen molar-refractivity contribution in [2.45, 2.75) is 4.34 Å². The van der Waals surface area contributed by atoms with Crippen LogP contribution in [0.2, 0.25) is 5.02 Å². The smallest absolute Gasteiger partial charge is 0.234 e. The summed E-state index contributed by atoms with van der Waals surface area (Å²) < 4.78 is 28.7. The molecule has 2 aromatic carbocycles. The fourth-order valence-corrected chi connectivity index (χ4v) is 4.30. The van der Waals surface area contributed by atoms with Crippen LogP contribution in [0.5, 0.6) is 0 Å². The standard InChI is InChI=1S/C16H10ClF2N3OS3/c17-12-7-10(3-6-13(12)19)20-14(23)8-25-15-21-22(16(24)26-15)11-4-1-9(18)2-5-11/h1-7H,8H2,(H,20,23). The molecule has 0 fully saturated rings. The third kappa shape index (κ3) is 4.67. The van der Waals surface area contributed by atoms with Crippen LogP contribution in [0.3, 0.4) is 0 Å². The molecule has 0 unspecified atom stereocenters. The Morgan fingerprint density at radius 1 is 1.27 bits per heavy atom. The summed E-state index contributed by atoms with van der Waals surface area (Å²) in [6, 6.07) is 9.74. The van der Waals surface area contributed by atoms with Crippen LogP contribution in [0, 0.1) is 15.6 Å². The average Bonchev–Trinajstić information content (AvgIpc) is 2.98. The first-order chi connectivity index (χ1) is 12.4. The molecule has 0 aliphatic rings. The SMILES string of the molecule is O=C(CSc1nn(-c2ccc(F)cc2)c(=S)s1)Nc1ccc(F)c(Cl)c1. The van der Waals surface area contributed by atoms with Crippen LogP contribution >= 0.6 is 46.9 Å². The zero-order chi connectivity index (χ0) is 18.7. The second kappa shape index (κ2) is 8.26. The van der Waals surface area contributed by atoms with Gasteiger partial charge in [0.2, 0.25) is 5.91 Å². The molecular weight excluding hydrogens is 420 g/mol. The van der Waals surface area contributed by atoms with Crippen molar-refractivity contribution in [3.8, 4) is 5.69 Å². The van der Waals surface area contributed by atoms with Crippen molar-refractivity contribution in [1.82, 2.24) is 9.78 Å². The van der Waals surface area contributed by atoms with Crippen molar-refractivity contribution in [2.75, 3.05) is 11.1 Å². The molecule has 3 rings (SSSR count). The Bertz CT molecular complexity index is 1000. The van der Waals surface area contributed by atoms with Gasteiger partial charge < -0.3 is 5.32 Å². The number of aromatic nitrogens is 2. The van der Waals surface area contributed by atoms with Crippen molar-refractivity contribution in [3.63, 3.8) is 0 Å². The number of nitrogens with zero attached hydrogens (tertiary/aromatic N) is 2. The minimum absolute atomic E-state index is 0.0635. The van der Waals surface area contributed by atoms with Gasteiger partial charge in [0.15, 0.2) is 8.29 Å². The first-order valence-electron chi connectivity index (χ1n) is 7.16. The molecule has 134 valence electrons. The fraction of sp³-hybridized carbons (Fsp3) is 0.0625. The number of carbonyl (C=O) groups is 1. The fourth-order valence-electron chi connectivity index (χ4n) is 1.96. The third-order valence-electron chi connectivity index (χ3n) is 3.13. The maximum atomic E-state index is 13.1. The quantitative estimate of drug-likeness (QED) is 0.440.